The first kappa shape index (κ1) is 17.4. The van der Waals surface area contributed by atoms with Crippen LogP contribution in [0.5, 0.6) is 0 Å². The Bertz CT molecular complexity index is 696. The van der Waals surface area contributed by atoms with Crippen LogP contribution in [0.15, 0.2) is 48.8 Å². The zero-order chi connectivity index (χ0) is 17.6. The van der Waals surface area contributed by atoms with Gasteiger partial charge < -0.3 is 14.7 Å². The van der Waals surface area contributed by atoms with E-state index in [9.17, 15) is 4.79 Å². The second kappa shape index (κ2) is 8.12. The Kier molecular flexibility index (Phi) is 5.66. The summed E-state index contributed by atoms with van der Waals surface area (Å²) in [6.45, 7) is 9.58. The number of carbonyl (C=O) groups is 1. The SMILES string of the molecule is CCN1CCN(C(=O)c2cncc(N(CC)c3ccccc3)c2)CC1. The molecular formula is C20H26N4O. The van der Waals surface area contributed by atoms with Gasteiger partial charge in [0.15, 0.2) is 0 Å². The van der Waals surface area contributed by atoms with Crippen molar-refractivity contribution in [3.8, 4) is 0 Å². The summed E-state index contributed by atoms with van der Waals surface area (Å²) in [5.41, 5.74) is 2.72. The summed E-state index contributed by atoms with van der Waals surface area (Å²) in [5.74, 6) is 0.0780. The topological polar surface area (TPSA) is 39.7 Å². The molecular weight excluding hydrogens is 312 g/mol. The molecule has 1 aromatic carbocycles. The Labute approximate surface area is 149 Å². The lowest BCUT2D eigenvalue weighted by Gasteiger charge is -2.34. The van der Waals surface area contributed by atoms with Crippen LogP contribution < -0.4 is 4.90 Å². The first-order valence-corrected chi connectivity index (χ1v) is 9.02. The molecule has 1 aliphatic rings. The van der Waals surface area contributed by atoms with E-state index in [0.717, 1.165) is 50.6 Å². The number of rotatable bonds is 5. The summed E-state index contributed by atoms with van der Waals surface area (Å²) in [7, 11) is 0. The first-order valence-electron chi connectivity index (χ1n) is 9.02. The fourth-order valence-electron chi connectivity index (χ4n) is 3.26. The van der Waals surface area contributed by atoms with Crippen molar-refractivity contribution in [1.29, 1.82) is 0 Å². The smallest absolute Gasteiger partial charge is 0.255 e. The van der Waals surface area contributed by atoms with Crippen LogP contribution in [0.2, 0.25) is 0 Å². The molecule has 0 atom stereocenters. The quantitative estimate of drug-likeness (QED) is 0.840. The largest absolute Gasteiger partial charge is 0.340 e. The van der Waals surface area contributed by atoms with Gasteiger partial charge in [-0.3, -0.25) is 9.78 Å². The van der Waals surface area contributed by atoms with Crippen LogP contribution in [0.3, 0.4) is 0 Å². The molecule has 5 heteroatoms. The van der Waals surface area contributed by atoms with Crippen molar-refractivity contribution in [2.75, 3.05) is 44.2 Å². The lowest BCUT2D eigenvalue weighted by Crippen LogP contribution is -2.48. The van der Waals surface area contributed by atoms with Crippen LogP contribution in [-0.4, -0.2) is 60.0 Å². The van der Waals surface area contributed by atoms with Crippen molar-refractivity contribution < 1.29 is 4.79 Å². The number of nitrogens with zero attached hydrogens (tertiary/aromatic N) is 4. The molecule has 0 saturated carbocycles. The maximum atomic E-state index is 12.8. The Morgan fingerprint density at radius 3 is 2.40 bits per heavy atom. The third-order valence-electron chi connectivity index (χ3n) is 4.77. The number of anilines is 2. The van der Waals surface area contributed by atoms with E-state index < -0.39 is 0 Å². The minimum absolute atomic E-state index is 0.0780. The maximum Gasteiger partial charge on any atom is 0.255 e. The van der Waals surface area contributed by atoms with Gasteiger partial charge in [-0.1, -0.05) is 25.1 Å². The standard InChI is InChI=1S/C20H26N4O/c1-3-22-10-12-23(13-11-22)20(25)17-14-19(16-21-15-17)24(4-2)18-8-6-5-7-9-18/h5-9,14-16H,3-4,10-13H2,1-2H3. The Balaban J connectivity index is 1.78. The Morgan fingerprint density at radius 2 is 1.76 bits per heavy atom. The van der Waals surface area contributed by atoms with Gasteiger partial charge >= 0.3 is 0 Å². The highest BCUT2D eigenvalue weighted by atomic mass is 16.2. The molecule has 3 rings (SSSR count). The lowest BCUT2D eigenvalue weighted by atomic mass is 10.2. The summed E-state index contributed by atoms with van der Waals surface area (Å²) in [5, 5.41) is 0. The highest BCUT2D eigenvalue weighted by Crippen LogP contribution is 2.25. The number of aromatic nitrogens is 1. The fourth-order valence-corrected chi connectivity index (χ4v) is 3.26. The van der Waals surface area contributed by atoms with Crippen molar-refractivity contribution in [2.24, 2.45) is 0 Å². The van der Waals surface area contributed by atoms with Crippen LogP contribution in [0, 0.1) is 0 Å². The minimum atomic E-state index is 0.0780. The number of para-hydroxylation sites is 1. The van der Waals surface area contributed by atoms with Gasteiger partial charge in [-0.2, -0.15) is 0 Å². The average molecular weight is 338 g/mol. The van der Waals surface area contributed by atoms with E-state index >= 15 is 0 Å². The van der Waals surface area contributed by atoms with Gasteiger partial charge in [0.25, 0.3) is 5.91 Å². The van der Waals surface area contributed by atoms with E-state index in [4.69, 9.17) is 0 Å². The number of amides is 1. The molecule has 0 N–H and O–H groups in total. The van der Waals surface area contributed by atoms with Crippen LogP contribution in [0.1, 0.15) is 24.2 Å². The summed E-state index contributed by atoms with van der Waals surface area (Å²) in [4.78, 5) is 23.6. The summed E-state index contributed by atoms with van der Waals surface area (Å²) >= 11 is 0. The normalized spacial score (nSPS) is 15.2. The third kappa shape index (κ3) is 3.99. The van der Waals surface area contributed by atoms with Crippen LogP contribution in [0.4, 0.5) is 11.4 Å². The molecule has 25 heavy (non-hydrogen) atoms. The zero-order valence-corrected chi connectivity index (χ0v) is 15.1. The molecule has 1 aromatic heterocycles. The zero-order valence-electron chi connectivity index (χ0n) is 15.1. The average Bonchev–Trinajstić information content (AvgIpc) is 2.69. The molecule has 0 spiro atoms. The highest BCUT2D eigenvalue weighted by Gasteiger charge is 2.22. The second-order valence-corrected chi connectivity index (χ2v) is 6.24. The highest BCUT2D eigenvalue weighted by molar-refractivity contribution is 5.95. The molecule has 5 nitrogen and oxygen atoms in total. The van der Waals surface area contributed by atoms with Crippen molar-refractivity contribution in [3.63, 3.8) is 0 Å². The number of hydrogen-bond acceptors (Lipinski definition) is 4. The van der Waals surface area contributed by atoms with Gasteiger partial charge in [0.1, 0.15) is 0 Å². The van der Waals surface area contributed by atoms with Crippen molar-refractivity contribution in [2.45, 2.75) is 13.8 Å². The van der Waals surface area contributed by atoms with Gasteiger partial charge in [-0.25, -0.2) is 0 Å². The summed E-state index contributed by atoms with van der Waals surface area (Å²) < 4.78 is 0. The van der Waals surface area contributed by atoms with Gasteiger partial charge in [0.05, 0.1) is 17.4 Å². The van der Waals surface area contributed by atoms with E-state index in [0.29, 0.717) is 5.56 Å². The van der Waals surface area contributed by atoms with Gasteiger partial charge in [0, 0.05) is 44.6 Å². The van der Waals surface area contributed by atoms with E-state index in [1.165, 1.54) is 0 Å². The third-order valence-corrected chi connectivity index (χ3v) is 4.77. The second-order valence-electron chi connectivity index (χ2n) is 6.24. The Hall–Kier alpha value is -2.40. The number of pyridine rings is 1. The van der Waals surface area contributed by atoms with E-state index in [-0.39, 0.29) is 5.91 Å². The predicted molar refractivity (Wildman–Crippen MR) is 101 cm³/mol. The van der Waals surface area contributed by atoms with Crippen LogP contribution >= 0.6 is 0 Å². The molecule has 0 unspecified atom stereocenters. The molecule has 132 valence electrons. The predicted octanol–water partition coefficient (Wildman–Crippen LogP) is 3.02. The van der Waals surface area contributed by atoms with E-state index in [1.54, 1.807) is 6.20 Å². The number of carbonyl (C=O) groups excluding carboxylic acids is 1. The molecule has 1 amide bonds. The molecule has 2 heterocycles. The molecule has 1 saturated heterocycles. The van der Waals surface area contributed by atoms with E-state index in [2.05, 4.69) is 40.8 Å². The molecule has 0 radical (unpaired) electrons. The minimum Gasteiger partial charge on any atom is -0.340 e. The number of benzene rings is 1. The fraction of sp³-hybridized carbons (Fsp3) is 0.400. The lowest BCUT2D eigenvalue weighted by molar-refractivity contribution is 0.0643. The Morgan fingerprint density at radius 1 is 1.04 bits per heavy atom. The van der Waals surface area contributed by atoms with Gasteiger partial charge in [-0.05, 0) is 31.7 Å². The molecule has 1 aliphatic heterocycles. The van der Waals surface area contributed by atoms with Crippen molar-refractivity contribution >= 4 is 17.3 Å². The number of piperazine rings is 1. The molecule has 0 aliphatic carbocycles. The molecule has 1 fully saturated rings. The number of likely N-dealkylation sites (N-methyl/N-ethyl adjacent to an activating group) is 1. The van der Waals surface area contributed by atoms with E-state index in [1.807, 2.05) is 35.4 Å². The number of hydrogen-bond donors (Lipinski definition) is 0. The van der Waals surface area contributed by atoms with Gasteiger partial charge in [-0.15, -0.1) is 0 Å². The summed E-state index contributed by atoms with van der Waals surface area (Å²) in [6, 6.07) is 12.1. The summed E-state index contributed by atoms with van der Waals surface area (Å²) in [6.07, 6.45) is 3.50. The monoisotopic (exact) mass is 338 g/mol. The van der Waals surface area contributed by atoms with Gasteiger partial charge in [0.2, 0.25) is 0 Å². The maximum absolute atomic E-state index is 12.8. The van der Waals surface area contributed by atoms with Crippen molar-refractivity contribution in [3.05, 3.63) is 54.4 Å². The van der Waals surface area contributed by atoms with Crippen LogP contribution in [0.25, 0.3) is 0 Å². The van der Waals surface area contributed by atoms with Crippen molar-refractivity contribution in [1.82, 2.24) is 14.8 Å². The van der Waals surface area contributed by atoms with Crippen LogP contribution in [-0.2, 0) is 0 Å². The molecule has 0 bridgehead atoms. The molecule has 2 aromatic rings. The first-order chi connectivity index (χ1) is 12.2.